The molecule has 0 bridgehead atoms. The summed E-state index contributed by atoms with van der Waals surface area (Å²) in [6.45, 7) is 1.96. The van der Waals surface area contributed by atoms with Gasteiger partial charge in [0.1, 0.15) is 12.2 Å². The van der Waals surface area contributed by atoms with Gasteiger partial charge in [0.05, 0.1) is 19.3 Å². The highest BCUT2D eigenvalue weighted by Gasteiger charge is 2.08. The molecule has 3 nitrogen and oxygen atoms in total. The van der Waals surface area contributed by atoms with Crippen LogP contribution in [0, 0.1) is 23.5 Å². The van der Waals surface area contributed by atoms with E-state index in [1.165, 1.54) is 7.11 Å². The summed E-state index contributed by atoms with van der Waals surface area (Å²) in [4.78, 5) is 11.0. The number of hydrogen-bond acceptors (Lipinski definition) is 3. The number of benzene rings is 1. The first-order chi connectivity index (χ1) is 8.58. The van der Waals surface area contributed by atoms with Crippen LogP contribution in [0.15, 0.2) is 12.1 Å². The van der Waals surface area contributed by atoms with E-state index in [4.69, 9.17) is 4.74 Å². The molecule has 96 valence electrons. The van der Waals surface area contributed by atoms with Crippen LogP contribution in [0.25, 0.3) is 0 Å². The maximum Gasteiger partial charge on any atom is 0.317 e. The second kappa shape index (κ2) is 6.60. The molecule has 0 atom stereocenters. The molecule has 0 radical (unpaired) electrons. The van der Waals surface area contributed by atoms with E-state index in [9.17, 15) is 13.6 Å². The topological polar surface area (TPSA) is 35.5 Å². The lowest BCUT2D eigenvalue weighted by Gasteiger charge is -2.03. The molecule has 0 heterocycles. The number of ether oxygens (including phenoxy) is 2. The van der Waals surface area contributed by atoms with E-state index in [2.05, 4.69) is 16.6 Å². The molecular weight excluding hydrogens is 242 g/mol. The first-order valence-electron chi connectivity index (χ1n) is 5.26. The molecule has 0 aromatic heterocycles. The van der Waals surface area contributed by atoms with Gasteiger partial charge >= 0.3 is 5.97 Å². The number of carbonyl (C=O) groups excluding carboxylic acids is 1. The van der Waals surface area contributed by atoms with E-state index in [0.29, 0.717) is 0 Å². The molecule has 0 spiro atoms. The fraction of sp³-hybridized carbons (Fsp3) is 0.308. The third-order valence-electron chi connectivity index (χ3n) is 2.00. The third-order valence-corrected chi connectivity index (χ3v) is 2.00. The summed E-state index contributed by atoms with van der Waals surface area (Å²) < 4.78 is 35.5. The minimum atomic E-state index is -1.02. The van der Waals surface area contributed by atoms with Crippen LogP contribution in [0.4, 0.5) is 8.78 Å². The molecule has 0 unspecified atom stereocenters. The van der Waals surface area contributed by atoms with Crippen molar-refractivity contribution in [3.8, 4) is 17.6 Å². The van der Waals surface area contributed by atoms with Crippen LogP contribution in [0.3, 0.4) is 0 Å². The van der Waals surface area contributed by atoms with Gasteiger partial charge in [0.2, 0.25) is 0 Å². The van der Waals surface area contributed by atoms with E-state index in [1.54, 1.807) is 6.92 Å². The fourth-order valence-electron chi connectivity index (χ4n) is 1.22. The molecule has 0 aliphatic carbocycles. The number of hydrogen-bond donors (Lipinski definition) is 0. The number of rotatable bonds is 3. The molecule has 0 fully saturated rings. The van der Waals surface area contributed by atoms with Gasteiger partial charge in [-0.1, -0.05) is 11.8 Å². The standard InChI is InChI=1S/C13H12F2O3/c1-3-18-13(16)6-4-5-9-7-10(14)11(15)8-12(9)17-2/h7-8H,3,6H2,1-2H3. The minimum Gasteiger partial charge on any atom is -0.495 e. The molecular formula is C13H12F2O3. The van der Waals surface area contributed by atoms with Crippen LogP contribution < -0.4 is 4.74 Å². The predicted octanol–water partition coefficient (Wildman–Crippen LogP) is 2.28. The predicted molar refractivity (Wildman–Crippen MR) is 61.0 cm³/mol. The lowest BCUT2D eigenvalue weighted by Crippen LogP contribution is -2.01. The van der Waals surface area contributed by atoms with Crippen molar-refractivity contribution >= 4 is 5.97 Å². The zero-order valence-corrected chi connectivity index (χ0v) is 10.0. The van der Waals surface area contributed by atoms with Crippen molar-refractivity contribution in [2.45, 2.75) is 13.3 Å². The van der Waals surface area contributed by atoms with Gasteiger partial charge in [-0.3, -0.25) is 4.79 Å². The first kappa shape index (κ1) is 14.0. The lowest BCUT2D eigenvalue weighted by atomic mass is 10.2. The summed E-state index contributed by atoms with van der Waals surface area (Å²) >= 11 is 0. The molecule has 0 saturated heterocycles. The fourth-order valence-corrected chi connectivity index (χ4v) is 1.22. The highest BCUT2D eigenvalue weighted by molar-refractivity contribution is 5.72. The van der Waals surface area contributed by atoms with Crippen LogP contribution >= 0.6 is 0 Å². The average molecular weight is 254 g/mol. The highest BCUT2D eigenvalue weighted by atomic mass is 19.2. The summed E-state index contributed by atoms with van der Waals surface area (Å²) in [5.41, 5.74) is 0.181. The van der Waals surface area contributed by atoms with Crippen molar-refractivity contribution in [2.75, 3.05) is 13.7 Å². The van der Waals surface area contributed by atoms with Gasteiger partial charge in [-0.05, 0) is 13.0 Å². The van der Waals surface area contributed by atoms with Crippen LogP contribution in [-0.4, -0.2) is 19.7 Å². The largest absolute Gasteiger partial charge is 0.495 e. The van der Waals surface area contributed by atoms with E-state index in [0.717, 1.165) is 12.1 Å². The Morgan fingerprint density at radius 1 is 1.33 bits per heavy atom. The van der Waals surface area contributed by atoms with Crippen LogP contribution in [-0.2, 0) is 9.53 Å². The molecule has 0 aliphatic heterocycles. The molecule has 1 aromatic rings. The van der Waals surface area contributed by atoms with E-state index < -0.39 is 17.6 Å². The second-order valence-electron chi connectivity index (χ2n) is 3.25. The van der Waals surface area contributed by atoms with Crippen molar-refractivity contribution in [1.82, 2.24) is 0 Å². The normalized spacial score (nSPS) is 9.33. The van der Waals surface area contributed by atoms with Crippen molar-refractivity contribution in [3.63, 3.8) is 0 Å². The monoisotopic (exact) mass is 254 g/mol. The number of carbonyl (C=O) groups is 1. The Kier molecular flexibility index (Phi) is 5.12. The molecule has 0 saturated carbocycles. The van der Waals surface area contributed by atoms with Crippen LogP contribution in [0.2, 0.25) is 0 Å². The molecule has 1 rings (SSSR count). The Labute approximate surface area is 104 Å². The number of halogens is 2. The quantitative estimate of drug-likeness (QED) is 0.613. The molecule has 0 N–H and O–H groups in total. The first-order valence-corrected chi connectivity index (χ1v) is 5.26. The SMILES string of the molecule is CCOC(=O)CC#Cc1cc(F)c(F)cc1OC. The van der Waals surface area contributed by atoms with Crippen LogP contribution in [0.5, 0.6) is 5.75 Å². The minimum absolute atomic E-state index is 0.115. The summed E-state index contributed by atoms with van der Waals surface area (Å²) in [7, 11) is 1.32. The smallest absolute Gasteiger partial charge is 0.317 e. The van der Waals surface area contributed by atoms with Crippen molar-refractivity contribution < 1.29 is 23.0 Å². The summed E-state index contributed by atoms with van der Waals surface area (Å²) in [5, 5.41) is 0. The Bertz CT molecular complexity index is 501. The Hall–Kier alpha value is -2.09. The lowest BCUT2D eigenvalue weighted by molar-refractivity contribution is -0.141. The van der Waals surface area contributed by atoms with Gasteiger partial charge < -0.3 is 9.47 Å². The number of methoxy groups -OCH3 is 1. The van der Waals surface area contributed by atoms with Gasteiger partial charge in [0, 0.05) is 6.07 Å². The Morgan fingerprint density at radius 3 is 2.61 bits per heavy atom. The molecule has 1 aromatic carbocycles. The van der Waals surface area contributed by atoms with Gasteiger partial charge in [-0.25, -0.2) is 8.78 Å². The zero-order chi connectivity index (χ0) is 13.5. The molecule has 0 aliphatic rings. The molecule has 5 heteroatoms. The highest BCUT2D eigenvalue weighted by Crippen LogP contribution is 2.21. The summed E-state index contributed by atoms with van der Waals surface area (Å²) in [6, 6.07) is 1.83. The van der Waals surface area contributed by atoms with Gasteiger partial charge in [-0.2, -0.15) is 0 Å². The Balaban J connectivity index is 2.87. The summed E-state index contributed by atoms with van der Waals surface area (Å²) in [6.07, 6.45) is -0.115. The van der Waals surface area contributed by atoms with Crippen molar-refractivity contribution in [1.29, 1.82) is 0 Å². The van der Waals surface area contributed by atoms with E-state index >= 15 is 0 Å². The maximum atomic E-state index is 13.0. The average Bonchev–Trinajstić information content (AvgIpc) is 2.33. The van der Waals surface area contributed by atoms with Crippen molar-refractivity contribution in [2.24, 2.45) is 0 Å². The van der Waals surface area contributed by atoms with Crippen LogP contribution in [0.1, 0.15) is 18.9 Å². The summed E-state index contributed by atoms with van der Waals surface area (Å²) in [5.74, 6) is 2.67. The third kappa shape index (κ3) is 3.74. The second-order valence-corrected chi connectivity index (χ2v) is 3.25. The zero-order valence-electron chi connectivity index (χ0n) is 10.0. The van der Waals surface area contributed by atoms with Gasteiger partial charge in [-0.15, -0.1) is 0 Å². The van der Waals surface area contributed by atoms with E-state index in [-0.39, 0.29) is 24.3 Å². The molecule has 0 amide bonds. The van der Waals surface area contributed by atoms with Gasteiger partial charge in [0.15, 0.2) is 11.6 Å². The van der Waals surface area contributed by atoms with Gasteiger partial charge in [0.25, 0.3) is 0 Å². The maximum absolute atomic E-state index is 13.0. The molecule has 18 heavy (non-hydrogen) atoms. The van der Waals surface area contributed by atoms with E-state index in [1.807, 2.05) is 0 Å². The van der Waals surface area contributed by atoms with Crippen molar-refractivity contribution in [3.05, 3.63) is 29.3 Å². The number of esters is 1. The Morgan fingerprint density at radius 2 is 2.00 bits per heavy atom.